The second-order valence-electron chi connectivity index (χ2n) is 5.52. The Balaban J connectivity index is 0.000000647. The van der Waals surface area contributed by atoms with E-state index in [-0.39, 0.29) is 12.6 Å². The zero-order valence-electron chi connectivity index (χ0n) is 13.7. The van der Waals surface area contributed by atoms with Gasteiger partial charge >= 0.3 is 0 Å². The van der Waals surface area contributed by atoms with E-state index in [1.54, 1.807) is 6.20 Å². The van der Waals surface area contributed by atoms with Gasteiger partial charge in [0, 0.05) is 19.3 Å². The summed E-state index contributed by atoms with van der Waals surface area (Å²) in [6, 6.07) is 1.87. The molecular weight excluding hydrogens is 312 g/mol. The van der Waals surface area contributed by atoms with E-state index in [1.807, 2.05) is 19.9 Å². The van der Waals surface area contributed by atoms with Gasteiger partial charge in [-0.25, -0.2) is 4.98 Å². The molecule has 1 unspecified atom stereocenters. The van der Waals surface area contributed by atoms with E-state index in [0.29, 0.717) is 12.5 Å². The highest BCUT2D eigenvalue weighted by molar-refractivity contribution is 5.60. The molecule has 0 saturated carbocycles. The summed E-state index contributed by atoms with van der Waals surface area (Å²) in [6.45, 7) is 5.17. The van der Waals surface area contributed by atoms with Gasteiger partial charge in [-0.15, -0.1) is 0 Å². The van der Waals surface area contributed by atoms with Gasteiger partial charge in [0.15, 0.2) is 0 Å². The van der Waals surface area contributed by atoms with Gasteiger partial charge in [-0.2, -0.15) is 10.1 Å². The van der Waals surface area contributed by atoms with Crippen molar-refractivity contribution >= 4 is 23.9 Å². The van der Waals surface area contributed by atoms with Crippen molar-refractivity contribution < 1.29 is 15.0 Å². The number of hydrogen-bond donors (Lipinski definition) is 4. The summed E-state index contributed by atoms with van der Waals surface area (Å²) in [5, 5.41) is 26.9. The molecule has 0 amide bonds. The van der Waals surface area contributed by atoms with Gasteiger partial charge in [0.05, 0.1) is 23.2 Å². The fourth-order valence-electron chi connectivity index (χ4n) is 2.60. The Hall–Kier alpha value is -2.68. The molecule has 0 spiro atoms. The SMILES string of the molecule is Cc1n[nH]c(C)c1Nc1nccc(N2CCCC(O)C2)n1.O=CO. The minimum Gasteiger partial charge on any atom is -0.483 e. The van der Waals surface area contributed by atoms with Crippen molar-refractivity contribution in [2.75, 3.05) is 23.3 Å². The fourth-order valence-corrected chi connectivity index (χ4v) is 2.60. The second kappa shape index (κ2) is 8.25. The second-order valence-corrected chi connectivity index (χ2v) is 5.52. The predicted octanol–water partition coefficient (Wildman–Crippen LogP) is 1.22. The minimum atomic E-state index is -0.275. The lowest BCUT2D eigenvalue weighted by Crippen LogP contribution is -2.38. The number of rotatable bonds is 3. The third kappa shape index (κ3) is 4.42. The number of hydrogen-bond acceptors (Lipinski definition) is 7. The molecule has 2 aromatic rings. The lowest BCUT2D eigenvalue weighted by atomic mass is 10.1. The average molecular weight is 334 g/mol. The molecule has 4 N–H and O–H groups in total. The van der Waals surface area contributed by atoms with E-state index >= 15 is 0 Å². The summed E-state index contributed by atoms with van der Waals surface area (Å²) in [6.07, 6.45) is 3.30. The summed E-state index contributed by atoms with van der Waals surface area (Å²) in [5.74, 6) is 1.38. The number of aromatic nitrogens is 4. The summed E-state index contributed by atoms with van der Waals surface area (Å²) in [5.41, 5.74) is 2.75. The molecule has 0 aliphatic carbocycles. The number of nitrogens with zero attached hydrogens (tertiary/aromatic N) is 4. The predicted molar refractivity (Wildman–Crippen MR) is 89.5 cm³/mol. The number of aliphatic hydroxyl groups is 1. The molecule has 1 saturated heterocycles. The van der Waals surface area contributed by atoms with Crippen LogP contribution in [0.15, 0.2) is 12.3 Å². The fraction of sp³-hybridized carbons (Fsp3) is 0.467. The van der Waals surface area contributed by atoms with Crippen LogP contribution in [0.3, 0.4) is 0 Å². The Morgan fingerprint density at radius 1 is 1.46 bits per heavy atom. The highest BCUT2D eigenvalue weighted by Crippen LogP contribution is 2.22. The van der Waals surface area contributed by atoms with Crippen molar-refractivity contribution in [3.8, 4) is 0 Å². The first kappa shape index (κ1) is 17.7. The number of β-amino-alcohol motifs (C(OH)–C–C–N with tert-alkyl or cyclic N) is 1. The van der Waals surface area contributed by atoms with E-state index in [1.165, 1.54) is 0 Å². The summed E-state index contributed by atoms with van der Waals surface area (Å²) < 4.78 is 0. The molecule has 1 aliphatic heterocycles. The Labute approximate surface area is 139 Å². The molecule has 1 aliphatic rings. The van der Waals surface area contributed by atoms with Gasteiger partial charge in [-0.3, -0.25) is 9.89 Å². The number of aryl methyl sites for hydroxylation is 2. The molecule has 2 aromatic heterocycles. The molecule has 3 heterocycles. The van der Waals surface area contributed by atoms with Gasteiger partial charge in [0.25, 0.3) is 6.47 Å². The number of carbonyl (C=O) groups is 1. The molecule has 0 bridgehead atoms. The van der Waals surface area contributed by atoms with Crippen LogP contribution in [0.5, 0.6) is 0 Å². The minimum absolute atomic E-state index is 0.250. The normalized spacial score (nSPS) is 17.0. The average Bonchev–Trinajstić information content (AvgIpc) is 2.88. The summed E-state index contributed by atoms with van der Waals surface area (Å²) in [4.78, 5) is 19.3. The van der Waals surface area contributed by atoms with Crippen molar-refractivity contribution in [1.29, 1.82) is 0 Å². The highest BCUT2D eigenvalue weighted by Gasteiger charge is 2.19. The molecule has 1 atom stereocenters. The first-order valence-corrected chi connectivity index (χ1v) is 7.67. The number of aromatic amines is 1. The first-order valence-electron chi connectivity index (χ1n) is 7.67. The molecule has 9 heteroatoms. The Morgan fingerprint density at radius 2 is 2.21 bits per heavy atom. The highest BCUT2D eigenvalue weighted by atomic mass is 16.3. The number of H-pyrrole nitrogens is 1. The Kier molecular flexibility index (Phi) is 6.07. The third-order valence-electron chi connectivity index (χ3n) is 3.73. The van der Waals surface area contributed by atoms with E-state index in [4.69, 9.17) is 9.90 Å². The first-order chi connectivity index (χ1) is 11.5. The lowest BCUT2D eigenvalue weighted by molar-refractivity contribution is -0.122. The molecule has 3 rings (SSSR count). The van der Waals surface area contributed by atoms with Crippen LogP contribution in [0.25, 0.3) is 0 Å². The topological polar surface area (TPSA) is 127 Å². The smallest absolute Gasteiger partial charge is 0.290 e. The van der Waals surface area contributed by atoms with Crippen molar-refractivity contribution in [2.45, 2.75) is 32.8 Å². The molecular formula is C15H22N6O3. The molecule has 0 aromatic carbocycles. The van der Waals surface area contributed by atoms with Gasteiger partial charge < -0.3 is 20.4 Å². The maximum Gasteiger partial charge on any atom is 0.290 e. The summed E-state index contributed by atoms with van der Waals surface area (Å²) in [7, 11) is 0. The van der Waals surface area contributed by atoms with Crippen molar-refractivity contribution in [3.63, 3.8) is 0 Å². The zero-order valence-corrected chi connectivity index (χ0v) is 13.7. The van der Waals surface area contributed by atoms with Gasteiger partial charge in [0.1, 0.15) is 5.82 Å². The van der Waals surface area contributed by atoms with Crippen LogP contribution >= 0.6 is 0 Å². The number of piperidine rings is 1. The maximum absolute atomic E-state index is 9.78. The Bertz CT molecular complexity index is 655. The van der Waals surface area contributed by atoms with Gasteiger partial charge in [-0.05, 0) is 32.8 Å². The molecule has 0 radical (unpaired) electrons. The van der Waals surface area contributed by atoms with Crippen LogP contribution in [0, 0.1) is 13.8 Å². The van der Waals surface area contributed by atoms with Crippen molar-refractivity contribution in [2.24, 2.45) is 0 Å². The zero-order chi connectivity index (χ0) is 17.5. The van der Waals surface area contributed by atoms with Gasteiger partial charge in [-0.1, -0.05) is 0 Å². The van der Waals surface area contributed by atoms with Crippen LogP contribution in [0.4, 0.5) is 17.5 Å². The molecule has 1 fully saturated rings. The van der Waals surface area contributed by atoms with Crippen LogP contribution in [0.2, 0.25) is 0 Å². The number of carboxylic acid groups (broad SMARTS) is 1. The summed E-state index contributed by atoms with van der Waals surface area (Å²) >= 11 is 0. The largest absolute Gasteiger partial charge is 0.483 e. The maximum atomic E-state index is 9.78. The third-order valence-corrected chi connectivity index (χ3v) is 3.73. The molecule has 9 nitrogen and oxygen atoms in total. The van der Waals surface area contributed by atoms with Crippen LogP contribution in [-0.4, -0.2) is 56.0 Å². The van der Waals surface area contributed by atoms with E-state index < -0.39 is 0 Å². The van der Waals surface area contributed by atoms with Crippen molar-refractivity contribution in [3.05, 3.63) is 23.7 Å². The van der Waals surface area contributed by atoms with Crippen LogP contribution in [-0.2, 0) is 4.79 Å². The van der Waals surface area contributed by atoms with E-state index in [0.717, 1.165) is 42.3 Å². The molecule has 24 heavy (non-hydrogen) atoms. The lowest BCUT2D eigenvalue weighted by Gasteiger charge is -2.31. The number of nitrogens with one attached hydrogen (secondary N) is 2. The van der Waals surface area contributed by atoms with Crippen LogP contribution < -0.4 is 10.2 Å². The number of aliphatic hydroxyl groups excluding tert-OH is 1. The van der Waals surface area contributed by atoms with Crippen molar-refractivity contribution in [1.82, 2.24) is 20.2 Å². The monoisotopic (exact) mass is 334 g/mol. The standard InChI is InChI=1S/C14H20N6O.CH2O2/c1-9-13(10(2)19-18-9)17-14-15-6-5-12(16-14)20-7-3-4-11(21)8-20;2-1-3/h5-6,11,21H,3-4,7-8H2,1-2H3,(H,18,19)(H,15,16,17);1H,(H,2,3). The number of anilines is 3. The van der Waals surface area contributed by atoms with Gasteiger partial charge in [0.2, 0.25) is 5.95 Å². The van der Waals surface area contributed by atoms with E-state index in [2.05, 4.69) is 30.4 Å². The Morgan fingerprint density at radius 3 is 2.83 bits per heavy atom. The quantitative estimate of drug-likeness (QED) is 0.617. The van der Waals surface area contributed by atoms with Crippen LogP contribution in [0.1, 0.15) is 24.2 Å². The molecule has 130 valence electrons. The van der Waals surface area contributed by atoms with E-state index in [9.17, 15) is 5.11 Å².